The molecule has 0 fully saturated rings. The van der Waals surface area contributed by atoms with Crippen molar-refractivity contribution in [1.82, 2.24) is 4.31 Å². The van der Waals surface area contributed by atoms with E-state index in [0.717, 1.165) is 21.3 Å². The van der Waals surface area contributed by atoms with Crippen LogP contribution in [0.2, 0.25) is 0 Å². The highest BCUT2D eigenvalue weighted by Gasteiger charge is 2.42. The van der Waals surface area contributed by atoms with Crippen molar-refractivity contribution < 1.29 is 18.1 Å². The molecule has 0 aliphatic carbocycles. The summed E-state index contributed by atoms with van der Waals surface area (Å²) < 4.78 is 25.7. The minimum Gasteiger partial charge on any atom is -0.268 e. The number of hydrogen-bond donors (Lipinski definition) is 0. The van der Waals surface area contributed by atoms with Crippen LogP contribution in [0.1, 0.15) is 10.4 Å². The molecule has 0 atom stereocenters. The predicted octanol–water partition coefficient (Wildman–Crippen LogP) is 2.49. The van der Waals surface area contributed by atoms with E-state index in [1.54, 1.807) is 24.3 Å². The number of sulfonamides is 1. The summed E-state index contributed by atoms with van der Waals surface area (Å²) in [6.45, 7) is 0. The smallest absolute Gasteiger partial charge is 0.268 e. The number of carbonyl (C=O) groups is 1. The van der Waals surface area contributed by atoms with Crippen molar-refractivity contribution >= 4 is 33.4 Å². The second-order valence-electron chi connectivity index (χ2n) is 4.68. The Hall–Kier alpha value is -2.39. The van der Waals surface area contributed by atoms with E-state index in [1.165, 1.54) is 17.8 Å². The zero-order chi connectivity index (χ0) is 16.6. The molecule has 0 saturated heterocycles. The van der Waals surface area contributed by atoms with Crippen molar-refractivity contribution in [3.05, 3.63) is 64.2 Å². The second-order valence-corrected chi connectivity index (χ2v) is 7.53. The zero-order valence-electron chi connectivity index (χ0n) is 11.6. The summed E-state index contributed by atoms with van der Waals surface area (Å²) in [5.41, 5.74) is -0.401. The van der Waals surface area contributed by atoms with Crippen molar-refractivity contribution in [3.63, 3.8) is 0 Å². The first-order valence-corrected chi connectivity index (χ1v) is 8.87. The van der Waals surface area contributed by atoms with E-state index in [9.17, 15) is 23.3 Å². The Kier molecular flexibility index (Phi) is 3.82. The van der Waals surface area contributed by atoms with E-state index in [2.05, 4.69) is 0 Å². The molecule has 7 nitrogen and oxygen atoms in total. The van der Waals surface area contributed by atoms with E-state index in [0.29, 0.717) is 0 Å². The van der Waals surface area contributed by atoms with Crippen molar-refractivity contribution in [1.29, 1.82) is 0 Å². The molecule has 118 valence electrons. The van der Waals surface area contributed by atoms with Crippen LogP contribution in [0.25, 0.3) is 0 Å². The van der Waals surface area contributed by atoms with Gasteiger partial charge in [0.25, 0.3) is 21.6 Å². The van der Waals surface area contributed by atoms with Crippen LogP contribution < -0.4 is 0 Å². The highest BCUT2D eigenvalue weighted by molar-refractivity contribution is 8.00. The maximum absolute atomic E-state index is 12.5. The van der Waals surface area contributed by atoms with Crippen LogP contribution >= 0.6 is 11.8 Å². The molecule has 1 heterocycles. The SMILES string of the molecule is O=C1c2ccc([N+](=O)[O-])cc2S(=O)(=O)N1CSc1ccccc1. The predicted molar refractivity (Wildman–Crippen MR) is 83.6 cm³/mol. The number of nitro groups is 1. The van der Waals surface area contributed by atoms with Gasteiger partial charge in [-0.2, -0.15) is 0 Å². The second kappa shape index (κ2) is 5.67. The number of carbonyl (C=O) groups excluding carboxylic acids is 1. The van der Waals surface area contributed by atoms with E-state index < -0.39 is 20.9 Å². The van der Waals surface area contributed by atoms with Crippen LogP contribution in [0.5, 0.6) is 0 Å². The molecule has 3 rings (SSSR count). The van der Waals surface area contributed by atoms with E-state index in [4.69, 9.17) is 0 Å². The molecule has 0 N–H and O–H groups in total. The quantitative estimate of drug-likeness (QED) is 0.477. The number of rotatable bonds is 4. The molecule has 0 saturated carbocycles. The molecular weight excluding hydrogens is 340 g/mol. The summed E-state index contributed by atoms with van der Waals surface area (Å²) in [5, 5.41) is 10.8. The number of hydrogen-bond acceptors (Lipinski definition) is 6. The van der Waals surface area contributed by atoms with Gasteiger partial charge in [-0.05, 0) is 18.2 Å². The lowest BCUT2D eigenvalue weighted by atomic mass is 10.2. The summed E-state index contributed by atoms with van der Waals surface area (Å²) in [7, 11) is -4.06. The lowest BCUT2D eigenvalue weighted by Crippen LogP contribution is -2.29. The molecule has 2 aromatic carbocycles. The van der Waals surface area contributed by atoms with Gasteiger partial charge >= 0.3 is 0 Å². The normalized spacial score (nSPS) is 15.5. The lowest BCUT2D eigenvalue weighted by molar-refractivity contribution is -0.385. The highest BCUT2D eigenvalue weighted by Crippen LogP contribution is 2.34. The van der Waals surface area contributed by atoms with Gasteiger partial charge < -0.3 is 0 Å². The Balaban J connectivity index is 1.92. The molecule has 9 heteroatoms. The summed E-state index contributed by atoms with van der Waals surface area (Å²) in [4.78, 5) is 22.9. The number of amides is 1. The van der Waals surface area contributed by atoms with Gasteiger partial charge in [0.05, 0.1) is 16.4 Å². The minimum atomic E-state index is -4.06. The molecule has 0 radical (unpaired) electrons. The van der Waals surface area contributed by atoms with Crippen LogP contribution in [0, 0.1) is 10.1 Å². The van der Waals surface area contributed by atoms with E-state index in [-0.39, 0.29) is 22.0 Å². The molecule has 0 spiro atoms. The zero-order valence-corrected chi connectivity index (χ0v) is 13.2. The summed E-state index contributed by atoms with van der Waals surface area (Å²) >= 11 is 1.20. The molecule has 0 bridgehead atoms. The number of nitrogens with zero attached hydrogens (tertiary/aromatic N) is 2. The van der Waals surface area contributed by atoms with Gasteiger partial charge in [0.1, 0.15) is 4.90 Å². The Morgan fingerprint density at radius 2 is 1.83 bits per heavy atom. The third-order valence-electron chi connectivity index (χ3n) is 3.29. The fourth-order valence-corrected chi connectivity index (χ4v) is 4.86. The molecule has 1 aliphatic heterocycles. The first-order chi connectivity index (χ1) is 10.9. The first-order valence-electron chi connectivity index (χ1n) is 6.44. The molecule has 1 aliphatic rings. The van der Waals surface area contributed by atoms with Crippen LogP contribution in [0.15, 0.2) is 58.3 Å². The fourth-order valence-electron chi connectivity index (χ4n) is 2.15. The van der Waals surface area contributed by atoms with Gasteiger partial charge in [0.15, 0.2) is 0 Å². The van der Waals surface area contributed by atoms with Gasteiger partial charge in [-0.3, -0.25) is 14.9 Å². The number of nitro benzene ring substituents is 1. The van der Waals surface area contributed by atoms with Crippen molar-refractivity contribution in [3.8, 4) is 0 Å². The standard InChI is InChI=1S/C14H10N2O5S2/c17-14-12-7-6-10(16(18)19)8-13(12)23(20,21)15(14)9-22-11-4-2-1-3-5-11/h1-8H,9H2. The van der Waals surface area contributed by atoms with Crippen molar-refractivity contribution in [2.24, 2.45) is 0 Å². The fraction of sp³-hybridized carbons (Fsp3) is 0.0714. The van der Waals surface area contributed by atoms with Gasteiger partial charge in [-0.15, -0.1) is 11.8 Å². The summed E-state index contributed by atoms with van der Waals surface area (Å²) in [6, 6.07) is 12.3. The largest absolute Gasteiger partial charge is 0.270 e. The number of thioether (sulfide) groups is 1. The molecule has 1 amide bonds. The summed E-state index contributed by atoms with van der Waals surface area (Å²) in [5.74, 6) is -0.758. The Morgan fingerprint density at radius 3 is 2.48 bits per heavy atom. The average Bonchev–Trinajstić information content (AvgIpc) is 2.73. The number of non-ortho nitro benzene ring substituents is 1. The first kappa shape index (κ1) is 15.5. The van der Waals surface area contributed by atoms with Gasteiger partial charge in [-0.1, -0.05) is 18.2 Å². The van der Waals surface area contributed by atoms with Crippen LogP contribution in [-0.4, -0.2) is 29.4 Å². The molecule has 0 unspecified atom stereocenters. The Labute approximate surface area is 136 Å². The van der Waals surface area contributed by atoms with Crippen molar-refractivity contribution in [2.75, 3.05) is 5.88 Å². The van der Waals surface area contributed by atoms with E-state index in [1.807, 2.05) is 6.07 Å². The average molecular weight is 350 g/mol. The van der Waals surface area contributed by atoms with Crippen LogP contribution in [0.3, 0.4) is 0 Å². The number of fused-ring (bicyclic) bond motifs is 1. The molecule has 0 aromatic heterocycles. The van der Waals surface area contributed by atoms with Gasteiger partial charge in [0, 0.05) is 17.0 Å². The third-order valence-corrected chi connectivity index (χ3v) is 6.22. The van der Waals surface area contributed by atoms with Crippen molar-refractivity contribution in [2.45, 2.75) is 9.79 Å². The highest BCUT2D eigenvalue weighted by atomic mass is 32.2. The van der Waals surface area contributed by atoms with Gasteiger partial charge in [-0.25, -0.2) is 12.7 Å². The monoisotopic (exact) mass is 350 g/mol. The van der Waals surface area contributed by atoms with Gasteiger partial charge in [0.2, 0.25) is 0 Å². The minimum absolute atomic E-state index is 0.0377. The third kappa shape index (κ3) is 2.68. The Bertz CT molecular complexity index is 897. The molecule has 2 aromatic rings. The molecule has 23 heavy (non-hydrogen) atoms. The van der Waals surface area contributed by atoms with E-state index >= 15 is 0 Å². The Morgan fingerprint density at radius 1 is 1.13 bits per heavy atom. The van der Waals surface area contributed by atoms with Crippen LogP contribution in [-0.2, 0) is 10.0 Å². The summed E-state index contributed by atoms with van der Waals surface area (Å²) in [6.07, 6.45) is 0. The number of benzene rings is 2. The topological polar surface area (TPSA) is 97.6 Å². The maximum atomic E-state index is 12.5. The maximum Gasteiger partial charge on any atom is 0.270 e. The van der Waals surface area contributed by atoms with Crippen LogP contribution in [0.4, 0.5) is 5.69 Å². The molecular formula is C14H10N2O5S2. The lowest BCUT2D eigenvalue weighted by Gasteiger charge is -2.14.